The van der Waals surface area contributed by atoms with E-state index < -0.39 is 51.8 Å². The number of esters is 2. The Hall–Kier alpha value is -2.85. The molecule has 0 aromatic carbocycles. The van der Waals surface area contributed by atoms with Gasteiger partial charge in [0.2, 0.25) is 0 Å². The first-order valence-corrected chi connectivity index (χ1v) is 22.6. The number of ether oxygens (including phenoxy) is 2. The predicted molar refractivity (Wildman–Crippen MR) is 228 cm³/mol. The van der Waals surface area contributed by atoms with Gasteiger partial charge in [0.15, 0.2) is 6.10 Å². The first-order valence-electron chi connectivity index (χ1n) is 21.1. The second-order valence-electron chi connectivity index (χ2n) is 13.8. The summed E-state index contributed by atoms with van der Waals surface area (Å²) in [6.45, 7) is 2.11. The van der Waals surface area contributed by atoms with E-state index in [-0.39, 0.29) is 19.4 Å². The highest BCUT2D eigenvalue weighted by atomic mass is 31.2. The van der Waals surface area contributed by atoms with E-state index >= 15 is 0 Å². The monoisotopic (exact) mass is 807 g/mol. The largest absolute Gasteiger partial charge is 0.472 e. The number of hydrogen-bond acceptors (Lipinski definition) is 9. The molecule has 0 amide bonds. The lowest BCUT2D eigenvalue weighted by Crippen LogP contribution is -2.29. The maximum Gasteiger partial charge on any atom is 0.472 e. The summed E-state index contributed by atoms with van der Waals surface area (Å²) >= 11 is 0. The maximum absolute atomic E-state index is 12.5. The SMILES string of the molecule is CC/C=C/C=C/C=C/C=C/C=C/CCCC(=O)OC(COC(=O)CCCCCCCCCCCC/C=C/C=C/CCCCCC)COP(=O)(O)OC[C@H](O)CO. The Balaban J connectivity index is 4.36. The maximum atomic E-state index is 12.5. The van der Waals surface area contributed by atoms with Crippen LogP contribution in [0.15, 0.2) is 85.1 Å². The number of hydrogen-bond donors (Lipinski definition) is 3. The first kappa shape index (κ1) is 53.1. The zero-order valence-corrected chi connectivity index (χ0v) is 35.5. The molecule has 3 N–H and O–H groups in total. The molecule has 10 nitrogen and oxygen atoms in total. The van der Waals surface area contributed by atoms with Crippen LogP contribution in [0.4, 0.5) is 0 Å². The molecule has 0 fully saturated rings. The molecule has 56 heavy (non-hydrogen) atoms. The van der Waals surface area contributed by atoms with Crippen LogP contribution in [-0.2, 0) is 32.7 Å². The van der Waals surface area contributed by atoms with Crippen molar-refractivity contribution >= 4 is 19.8 Å². The molecule has 0 aliphatic heterocycles. The minimum absolute atomic E-state index is 0.0828. The number of unbranched alkanes of at least 4 members (excludes halogenated alkanes) is 15. The van der Waals surface area contributed by atoms with E-state index in [1.165, 1.54) is 70.6 Å². The fourth-order valence-corrected chi connectivity index (χ4v) is 5.98. The van der Waals surface area contributed by atoms with Crippen LogP contribution in [0.1, 0.15) is 149 Å². The van der Waals surface area contributed by atoms with Gasteiger partial charge in [-0.2, -0.15) is 0 Å². The molecule has 0 saturated carbocycles. The number of aliphatic hydroxyl groups is 2. The Labute approximate surface area is 339 Å². The highest BCUT2D eigenvalue weighted by Gasteiger charge is 2.27. The van der Waals surface area contributed by atoms with Crippen molar-refractivity contribution in [2.24, 2.45) is 0 Å². The van der Waals surface area contributed by atoms with Crippen LogP contribution < -0.4 is 0 Å². The molecule has 3 atom stereocenters. The first-order chi connectivity index (χ1) is 27.2. The van der Waals surface area contributed by atoms with Crippen molar-refractivity contribution in [1.29, 1.82) is 0 Å². The molecule has 0 radical (unpaired) electrons. The second kappa shape index (κ2) is 40.4. The summed E-state index contributed by atoms with van der Waals surface area (Å²) in [6.07, 6.45) is 47.1. The van der Waals surface area contributed by atoms with Crippen molar-refractivity contribution in [1.82, 2.24) is 0 Å². The smallest absolute Gasteiger partial charge is 0.462 e. The van der Waals surface area contributed by atoms with Crippen molar-refractivity contribution in [3.63, 3.8) is 0 Å². The summed E-state index contributed by atoms with van der Waals surface area (Å²) in [4.78, 5) is 34.9. The summed E-state index contributed by atoms with van der Waals surface area (Å²) in [7, 11) is -4.64. The lowest BCUT2D eigenvalue weighted by Gasteiger charge is -2.20. The third-order valence-corrected chi connectivity index (χ3v) is 9.39. The Kier molecular flexibility index (Phi) is 38.3. The Bertz CT molecular complexity index is 1200. The van der Waals surface area contributed by atoms with Gasteiger partial charge < -0.3 is 24.6 Å². The molecule has 2 unspecified atom stereocenters. The average Bonchev–Trinajstić information content (AvgIpc) is 3.19. The highest BCUT2D eigenvalue weighted by molar-refractivity contribution is 7.47. The van der Waals surface area contributed by atoms with E-state index in [1.807, 2.05) is 54.7 Å². The van der Waals surface area contributed by atoms with Gasteiger partial charge in [0.05, 0.1) is 19.8 Å². The van der Waals surface area contributed by atoms with Gasteiger partial charge in [0.1, 0.15) is 12.7 Å². The Morgan fingerprint density at radius 2 is 1.00 bits per heavy atom. The number of phosphoric ester groups is 1. The fourth-order valence-electron chi connectivity index (χ4n) is 5.19. The lowest BCUT2D eigenvalue weighted by molar-refractivity contribution is -0.161. The van der Waals surface area contributed by atoms with Gasteiger partial charge in [0, 0.05) is 12.8 Å². The molecule has 0 heterocycles. The number of phosphoric acid groups is 1. The molecule has 0 spiro atoms. The van der Waals surface area contributed by atoms with Crippen molar-refractivity contribution in [3.8, 4) is 0 Å². The molecule has 0 aromatic rings. The fraction of sp³-hybridized carbons (Fsp3) is 0.644. The zero-order valence-electron chi connectivity index (χ0n) is 34.6. The summed E-state index contributed by atoms with van der Waals surface area (Å²) in [5.74, 6) is -1.02. The minimum atomic E-state index is -4.64. The molecular weight excluding hydrogens is 731 g/mol. The standard InChI is InChI=1S/C45H75O10P/c1-3-5-7-9-11-13-15-17-18-19-20-21-22-23-25-26-28-30-32-34-36-44(48)52-40-43(41-54-56(50,51)53-39-42(47)38-46)55-45(49)37-35-33-31-29-27-24-16-14-12-10-8-6-4-2/h6,8,10,12-18,24,27,29,31,42-43,46-47H,3-5,7,9,11,19-23,25-26,28,30,32-41H2,1-2H3,(H,50,51)/b8-6+,12-10+,15-13+,16-14+,18-17+,27-24+,31-29+/t42-,43?/m1/s1. The van der Waals surface area contributed by atoms with Crippen molar-refractivity contribution in [2.45, 2.75) is 161 Å². The molecule has 0 bridgehead atoms. The van der Waals surface area contributed by atoms with E-state index in [2.05, 4.69) is 48.8 Å². The van der Waals surface area contributed by atoms with Crippen LogP contribution in [-0.4, -0.2) is 65.7 Å². The molecule has 11 heteroatoms. The summed E-state index contributed by atoms with van der Waals surface area (Å²) < 4.78 is 32.6. The van der Waals surface area contributed by atoms with Crippen LogP contribution in [0.3, 0.4) is 0 Å². The number of aliphatic hydroxyl groups excluding tert-OH is 2. The highest BCUT2D eigenvalue weighted by Crippen LogP contribution is 2.43. The predicted octanol–water partition coefficient (Wildman–Crippen LogP) is 11.1. The number of rotatable bonds is 38. The third-order valence-electron chi connectivity index (χ3n) is 8.44. The van der Waals surface area contributed by atoms with Gasteiger partial charge in [-0.15, -0.1) is 0 Å². The molecule has 320 valence electrons. The van der Waals surface area contributed by atoms with E-state index in [4.69, 9.17) is 19.1 Å². The quantitative estimate of drug-likeness (QED) is 0.0238. The van der Waals surface area contributed by atoms with Gasteiger partial charge in [0.25, 0.3) is 0 Å². The zero-order chi connectivity index (χ0) is 41.2. The van der Waals surface area contributed by atoms with E-state index in [0.717, 1.165) is 32.1 Å². The molecule has 0 rings (SSSR count). The summed E-state index contributed by atoms with van der Waals surface area (Å²) in [5.41, 5.74) is 0. The van der Waals surface area contributed by atoms with Gasteiger partial charge in [-0.05, 0) is 51.4 Å². The molecular formula is C45H75O10P. The average molecular weight is 807 g/mol. The Morgan fingerprint density at radius 3 is 1.55 bits per heavy atom. The molecule has 0 aliphatic carbocycles. The van der Waals surface area contributed by atoms with Gasteiger partial charge in [-0.1, -0.05) is 170 Å². The number of carbonyl (C=O) groups is 2. The van der Waals surface area contributed by atoms with Gasteiger partial charge in [-0.3, -0.25) is 18.6 Å². The molecule has 0 saturated heterocycles. The Morgan fingerprint density at radius 1 is 0.554 bits per heavy atom. The topological polar surface area (TPSA) is 149 Å². The lowest BCUT2D eigenvalue weighted by atomic mass is 10.1. The third kappa shape index (κ3) is 39.4. The van der Waals surface area contributed by atoms with Gasteiger partial charge in [-0.25, -0.2) is 4.57 Å². The van der Waals surface area contributed by atoms with Crippen LogP contribution >= 0.6 is 7.82 Å². The number of allylic oxidation sites excluding steroid dienone is 14. The van der Waals surface area contributed by atoms with Gasteiger partial charge >= 0.3 is 19.8 Å². The van der Waals surface area contributed by atoms with E-state index in [1.54, 1.807) is 0 Å². The van der Waals surface area contributed by atoms with Crippen LogP contribution in [0.5, 0.6) is 0 Å². The summed E-state index contributed by atoms with van der Waals surface area (Å²) in [5, 5.41) is 18.3. The second-order valence-corrected chi connectivity index (χ2v) is 15.2. The number of carbonyl (C=O) groups excluding carboxylic acids is 2. The summed E-state index contributed by atoms with van der Waals surface area (Å²) in [6, 6.07) is 0. The van der Waals surface area contributed by atoms with Crippen molar-refractivity contribution < 1.29 is 47.8 Å². The normalized spacial score (nSPS) is 14.7. The minimum Gasteiger partial charge on any atom is -0.462 e. The van der Waals surface area contributed by atoms with E-state index in [0.29, 0.717) is 19.3 Å². The van der Waals surface area contributed by atoms with E-state index in [9.17, 15) is 24.2 Å². The van der Waals surface area contributed by atoms with Crippen molar-refractivity contribution in [3.05, 3.63) is 85.1 Å². The molecule has 0 aliphatic rings. The van der Waals surface area contributed by atoms with Crippen LogP contribution in [0.25, 0.3) is 0 Å². The van der Waals surface area contributed by atoms with Crippen molar-refractivity contribution in [2.75, 3.05) is 26.4 Å². The van der Waals surface area contributed by atoms with Crippen LogP contribution in [0.2, 0.25) is 0 Å². The molecule has 0 aromatic heterocycles. The van der Waals surface area contributed by atoms with Crippen LogP contribution in [0, 0.1) is 0 Å².